The number of amides is 1. The third kappa shape index (κ3) is 6.99. The Labute approximate surface area is 171 Å². The van der Waals surface area contributed by atoms with E-state index in [1.54, 1.807) is 43.4 Å². The van der Waals surface area contributed by atoms with Gasteiger partial charge in [-0.05, 0) is 43.2 Å². The summed E-state index contributed by atoms with van der Waals surface area (Å²) < 4.78 is 15.5. The standard InChI is InChI=1S/C23H27NO5/c1-17(2)24(15-18-8-6-5-7-9-18)22(25)16-29-23(26)11-10-19-12-20(27-3)14-21(13-19)28-4/h5-14,17H,15-16H2,1-4H3/b11-10+. The van der Waals surface area contributed by atoms with Gasteiger partial charge in [0.05, 0.1) is 14.2 Å². The highest BCUT2D eigenvalue weighted by Crippen LogP contribution is 2.23. The molecule has 0 unspecified atom stereocenters. The van der Waals surface area contributed by atoms with Crippen molar-refractivity contribution in [2.24, 2.45) is 0 Å². The Balaban J connectivity index is 1.94. The van der Waals surface area contributed by atoms with Crippen molar-refractivity contribution in [2.75, 3.05) is 20.8 Å². The van der Waals surface area contributed by atoms with Crippen LogP contribution in [0.1, 0.15) is 25.0 Å². The van der Waals surface area contributed by atoms with Crippen LogP contribution in [0.15, 0.2) is 54.6 Å². The van der Waals surface area contributed by atoms with Gasteiger partial charge in [-0.25, -0.2) is 4.79 Å². The summed E-state index contributed by atoms with van der Waals surface area (Å²) in [4.78, 5) is 26.2. The van der Waals surface area contributed by atoms with Crippen molar-refractivity contribution in [1.82, 2.24) is 4.90 Å². The lowest BCUT2D eigenvalue weighted by Gasteiger charge is -2.26. The molecule has 0 aliphatic carbocycles. The number of nitrogens with zero attached hydrogens (tertiary/aromatic N) is 1. The normalized spacial score (nSPS) is 10.8. The molecule has 0 bridgehead atoms. The van der Waals surface area contributed by atoms with Gasteiger partial charge in [0, 0.05) is 24.7 Å². The Hall–Kier alpha value is -3.28. The summed E-state index contributed by atoms with van der Waals surface area (Å²) in [5.74, 6) is 0.388. The molecule has 29 heavy (non-hydrogen) atoms. The smallest absolute Gasteiger partial charge is 0.331 e. The van der Waals surface area contributed by atoms with E-state index >= 15 is 0 Å². The largest absolute Gasteiger partial charge is 0.497 e. The summed E-state index contributed by atoms with van der Waals surface area (Å²) in [6.45, 7) is 4.02. The number of hydrogen-bond acceptors (Lipinski definition) is 5. The minimum atomic E-state index is -0.594. The van der Waals surface area contributed by atoms with Gasteiger partial charge < -0.3 is 19.1 Å². The lowest BCUT2D eigenvalue weighted by molar-refractivity contribution is -0.149. The van der Waals surface area contributed by atoms with E-state index in [2.05, 4.69) is 0 Å². The van der Waals surface area contributed by atoms with Gasteiger partial charge in [0.25, 0.3) is 5.91 Å². The van der Waals surface area contributed by atoms with E-state index in [1.165, 1.54) is 6.08 Å². The van der Waals surface area contributed by atoms with E-state index in [0.717, 1.165) is 11.1 Å². The fraction of sp³-hybridized carbons (Fsp3) is 0.304. The van der Waals surface area contributed by atoms with Crippen molar-refractivity contribution in [3.05, 3.63) is 65.7 Å². The highest BCUT2D eigenvalue weighted by atomic mass is 16.5. The molecular weight excluding hydrogens is 370 g/mol. The molecule has 0 fully saturated rings. The molecule has 6 nitrogen and oxygen atoms in total. The van der Waals surface area contributed by atoms with Crippen LogP contribution in [0, 0.1) is 0 Å². The van der Waals surface area contributed by atoms with Crippen molar-refractivity contribution in [3.8, 4) is 11.5 Å². The van der Waals surface area contributed by atoms with Gasteiger partial charge >= 0.3 is 5.97 Å². The molecule has 0 atom stereocenters. The lowest BCUT2D eigenvalue weighted by atomic mass is 10.2. The van der Waals surface area contributed by atoms with Crippen molar-refractivity contribution in [3.63, 3.8) is 0 Å². The number of benzene rings is 2. The number of esters is 1. The molecule has 154 valence electrons. The van der Waals surface area contributed by atoms with Crippen LogP contribution in [0.5, 0.6) is 11.5 Å². The molecule has 0 N–H and O–H groups in total. The number of carbonyl (C=O) groups is 2. The van der Waals surface area contributed by atoms with Crippen LogP contribution in [0.25, 0.3) is 6.08 Å². The van der Waals surface area contributed by atoms with Gasteiger partial charge in [-0.15, -0.1) is 0 Å². The number of carbonyl (C=O) groups excluding carboxylic acids is 2. The van der Waals surface area contributed by atoms with Crippen LogP contribution in [-0.4, -0.2) is 43.6 Å². The average molecular weight is 397 g/mol. The third-order valence-electron chi connectivity index (χ3n) is 4.26. The quantitative estimate of drug-likeness (QED) is 0.477. The van der Waals surface area contributed by atoms with Crippen LogP contribution in [0.3, 0.4) is 0 Å². The van der Waals surface area contributed by atoms with E-state index in [9.17, 15) is 9.59 Å². The van der Waals surface area contributed by atoms with E-state index in [-0.39, 0.29) is 18.6 Å². The summed E-state index contributed by atoms with van der Waals surface area (Å²) in [6, 6.07) is 14.9. The summed E-state index contributed by atoms with van der Waals surface area (Å²) in [5, 5.41) is 0. The highest BCUT2D eigenvalue weighted by molar-refractivity contribution is 5.89. The zero-order valence-electron chi connectivity index (χ0n) is 17.3. The second-order valence-corrected chi connectivity index (χ2v) is 6.69. The first-order chi connectivity index (χ1) is 13.9. The maximum Gasteiger partial charge on any atom is 0.331 e. The predicted molar refractivity (Wildman–Crippen MR) is 112 cm³/mol. The number of rotatable bonds is 9. The fourth-order valence-corrected chi connectivity index (χ4v) is 2.69. The number of methoxy groups -OCH3 is 2. The second-order valence-electron chi connectivity index (χ2n) is 6.69. The van der Waals surface area contributed by atoms with Crippen LogP contribution in [-0.2, 0) is 20.9 Å². The van der Waals surface area contributed by atoms with Crippen molar-refractivity contribution < 1.29 is 23.8 Å². The number of hydrogen-bond donors (Lipinski definition) is 0. The lowest BCUT2D eigenvalue weighted by Crippen LogP contribution is -2.39. The van der Waals surface area contributed by atoms with Crippen molar-refractivity contribution >= 4 is 18.0 Å². The molecule has 0 radical (unpaired) electrons. The molecule has 0 aromatic heterocycles. The third-order valence-corrected chi connectivity index (χ3v) is 4.26. The Kier molecular flexibility index (Phi) is 8.27. The zero-order valence-corrected chi connectivity index (χ0v) is 17.3. The van der Waals surface area contributed by atoms with Crippen LogP contribution < -0.4 is 9.47 Å². The van der Waals surface area contributed by atoms with Crippen molar-refractivity contribution in [2.45, 2.75) is 26.4 Å². The predicted octanol–water partition coefficient (Wildman–Crippen LogP) is 3.70. The van der Waals surface area contributed by atoms with Gasteiger partial charge in [0.15, 0.2) is 6.61 Å². The minimum Gasteiger partial charge on any atom is -0.497 e. The van der Waals surface area contributed by atoms with Crippen molar-refractivity contribution in [1.29, 1.82) is 0 Å². The van der Waals surface area contributed by atoms with Gasteiger partial charge in [0.1, 0.15) is 11.5 Å². The molecule has 6 heteroatoms. The molecule has 0 heterocycles. The summed E-state index contributed by atoms with van der Waals surface area (Å²) in [5.41, 5.74) is 1.74. The van der Waals surface area contributed by atoms with Gasteiger partial charge in [-0.3, -0.25) is 4.79 Å². The van der Waals surface area contributed by atoms with Crippen LogP contribution >= 0.6 is 0 Å². The first-order valence-electron chi connectivity index (χ1n) is 9.34. The molecule has 0 saturated heterocycles. The summed E-state index contributed by atoms with van der Waals surface area (Å²) in [6.07, 6.45) is 2.86. The summed E-state index contributed by atoms with van der Waals surface area (Å²) >= 11 is 0. The van der Waals surface area contributed by atoms with Crippen LogP contribution in [0.4, 0.5) is 0 Å². The Bertz CT molecular complexity index is 823. The van der Waals surface area contributed by atoms with E-state index in [1.807, 2.05) is 44.2 Å². The molecule has 0 saturated carbocycles. The molecule has 0 spiro atoms. The van der Waals surface area contributed by atoms with E-state index in [0.29, 0.717) is 18.0 Å². The molecule has 2 rings (SSSR count). The molecule has 0 aliphatic rings. The van der Waals surface area contributed by atoms with E-state index < -0.39 is 5.97 Å². The zero-order chi connectivity index (χ0) is 21.2. The van der Waals surface area contributed by atoms with Gasteiger partial charge in [-0.1, -0.05) is 30.3 Å². The minimum absolute atomic E-state index is 0.0128. The Morgan fingerprint density at radius 3 is 2.17 bits per heavy atom. The maximum absolute atomic E-state index is 12.5. The van der Waals surface area contributed by atoms with Gasteiger partial charge in [-0.2, -0.15) is 0 Å². The monoisotopic (exact) mass is 397 g/mol. The second kappa shape index (κ2) is 10.9. The average Bonchev–Trinajstić information content (AvgIpc) is 2.74. The maximum atomic E-state index is 12.5. The number of ether oxygens (including phenoxy) is 3. The molecule has 0 aliphatic heterocycles. The van der Waals surface area contributed by atoms with E-state index in [4.69, 9.17) is 14.2 Å². The fourth-order valence-electron chi connectivity index (χ4n) is 2.69. The van der Waals surface area contributed by atoms with Crippen LogP contribution in [0.2, 0.25) is 0 Å². The summed E-state index contributed by atoms with van der Waals surface area (Å²) in [7, 11) is 3.11. The first-order valence-corrected chi connectivity index (χ1v) is 9.34. The highest BCUT2D eigenvalue weighted by Gasteiger charge is 2.18. The first kappa shape index (κ1) is 22.0. The SMILES string of the molecule is COc1cc(/C=C/C(=O)OCC(=O)N(Cc2ccccc2)C(C)C)cc(OC)c1. The topological polar surface area (TPSA) is 65.1 Å². The Morgan fingerprint density at radius 2 is 1.62 bits per heavy atom. The molecule has 1 amide bonds. The molecule has 2 aromatic carbocycles. The Morgan fingerprint density at radius 1 is 1.00 bits per heavy atom. The molecule has 2 aromatic rings. The molecular formula is C23H27NO5. The van der Waals surface area contributed by atoms with Gasteiger partial charge in [0.2, 0.25) is 0 Å².